The molecule has 1 N–H and O–H groups in total. The normalized spacial score (nSPS) is 16.6. The molecule has 10 nitrogen and oxygen atoms in total. The minimum atomic E-state index is -4.68. The second-order valence-corrected chi connectivity index (χ2v) is 8.55. The summed E-state index contributed by atoms with van der Waals surface area (Å²) in [6, 6.07) is 7.41. The Hall–Kier alpha value is -3.71. The Morgan fingerprint density at radius 2 is 1.95 bits per heavy atom. The van der Waals surface area contributed by atoms with E-state index in [1.54, 1.807) is 24.1 Å². The van der Waals surface area contributed by atoms with Gasteiger partial charge >= 0.3 is 6.18 Å². The number of nitrogens with zero attached hydrogens (tertiary/aromatic N) is 6. The standard InChI is InChI=1S/C24H28F3N7O3/c1-32-9-10-34(21-13-20(24(25,26)27)30-23(31-21)33-8-7-28-16-33)19(15-32)22(35)29-14-17-3-5-18(6-4-17)37-12-11-36-2/h3-8,13,16,19H,9-12,14-15H2,1-2H3,(H,29,35). The molecule has 0 saturated carbocycles. The summed E-state index contributed by atoms with van der Waals surface area (Å²) < 4.78 is 52.8. The molecule has 1 aliphatic rings. The van der Waals surface area contributed by atoms with Gasteiger partial charge in [-0.3, -0.25) is 9.36 Å². The third-order valence-corrected chi connectivity index (χ3v) is 5.85. The van der Waals surface area contributed by atoms with Crippen molar-refractivity contribution >= 4 is 11.7 Å². The van der Waals surface area contributed by atoms with E-state index >= 15 is 0 Å². The molecule has 198 valence electrons. The first-order valence-corrected chi connectivity index (χ1v) is 11.6. The zero-order valence-electron chi connectivity index (χ0n) is 20.5. The third kappa shape index (κ3) is 6.74. The van der Waals surface area contributed by atoms with Crippen molar-refractivity contribution in [3.63, 3.8) is 0 Å². The number of likely N-dealkylation sites (N-methyl/N-ethyl adjacent to an activating group) is 1. The van der Waals surface area contributed by atoms with Crippen LogP contribution in [0.15, 0.2) is 49.1 Å². The molecule has 1 saturated heterocycles. The molecule has 2 aromatic heterocycles. The summed E-state index contributed by atoms with van der Waals surface area (Å²) in [5.41, 5.74) is -0.237. The van der Waals surface area contributed by atoms with Crippen molar-refractivity contribution in [2.45, 2.75) is 18.8 Å². The molecule has 1 unspecified atom stereocenters. The Bertz CT molecular complexity index is 1170. The summed E-state index contributed by atoms with van der Waals surface area (Å²) in [4.78, 5) is 28.7. The van der Waals surface area contributed by atoms with E-state index in [4.69, 9.17) is 9.47 Å². The van der Waals surface area contributed by atoms with Crippen molar-refractivity contribution in [2.24, 2.45) is 0 Å². The fraction of sp³-hybridized carbons (Fsp3) is 0.417. The number of rotatable bonds is 9. The average Bonchev–Trinajstić information content (AvgIpc) is 3.43. The molecular weight excluding hydrogens is 491 g/mol. The predicted molar refractivity (Wildman–Crippen MR) is 128 cm³/mol. The number of alkyl halides is 3. The van der Waals surface area contributed by atoms with Gasteiger partial charge in [-0.1, -0.05) is 12.1 Å². The summed E-state index contributed by atoms with van der Waals surface area (Å²) in [5, 5.41) is 2.90. The molecule has 1 aliphatic heterocycles. The predicted octanol–water partition coefficient (Wildman–Crippen LogP) is 2.14. The largest absolute Gasteiger partial charge is 0.491 e. The molecule has 4 rings (SSSR count). The van der Waals surface area contributed by atoms with Crippen LogP contribution in [0.1, 0.15) is 11.3 Å². The van der Waals surface area contributed by atoms with Crippen LogP contribution in [0.4, 0.5) is 19.0 Å². The Balaban J connectivity index is 1.52. The second kappa shape index (κ2) is 11.6. The van der Waals surface area contributed by atoms with E-state index in [1.807, 2.05) is 24.1 Å². The molecule has 0 radical (unpaired) electrons. The van der Waals surface area contributed by atoms with Gasteiger partial charge in [0.1, 0.15) is 30.5 Å². The molecular formula is C24H28F3N7O3. The fourth-order valence-corrected chi connectivity index (χ4v) is 3.88. The van der Waals surface area contributed by atoms with Gasteiger partial charge in [-0.15, -0.1) is 0 Å². The maximum absolute atomic E-state index is 13.7. The van der Waals surface area contributed by atoms with Crippen LogP contribution < -0.4 is 15.0 Å². The number of amides is 1. The number of hydrogen-bond acceptors (Lipinski definition) is 8. The second-order valence-electron chi connectivity index (χ2n) is 8.55. The molecule has 1 fully saturated rings. The summed E-state index contributed by atoms with van der Waals surface area (Å²) in [6.45, 7) is 2.36. The number of hydrogen-bond donors (Lipinski definition) is 1. The van der Waals surface area contributed by atoms with Crippen molar-refractivity contribution in [1.29, 1.82) is 0 Å². The summed E-state index contributed by atoms with van der Waals surface area (Å²) in [6.07, 6.45) is -0.479. The van der Waals surface area contributed by atoms with Crippen LogP contribution >= 0.6 is 0 Å². The summed E-state index contributed by atoms with van der Waals surface area (Å²) in [7, 11) is 3.46. The minimum Gasteiger partial charge on any atom is -0.491 e. The first kappa shape index (κ1) is 26.4. The Morgan fingerprint density at radius 1 is 1.16 bits per heavy atom. The maximum atomic E-state index is 13.7. The lowest BCUT2D eigenvalue weighted by Gasteiger charge is -2.40. The minimum absolute atomic E-state index is 0.0248. The average molecular weight is 520 g/mol. The van der Waals surface area contributed by atoms with E-state index in [1.165, 1.54) is 23.3 Å². The number of anilines is 1. The first-order chi connectivity index (χ1) is 17.7. The maximum Gasteiger partial charge on any atom is 0.433 e. The van der Waals surface area contributed by atoms with Gasteiger partial charge in [0.2, 0.25) is 11.9 Å². The lowest BCUT2D eigenvalue weighted by Crippen LogP contribution is -2.58. The molecule has 1 atom stereocenters. The van der Waals surface area contributed by atoms with Gasteiger partial charge in [-0.05, 0) is 24.7 Å². The SMILES string of the molecule is COCCOc1ccc(CNC(=O)C2CN(C)CCN2c2cc(C(F)(F)F)nc(-n3ccnc3)n2)cc1. The molecule has 37 heavy (non-hydrogen) atoms. The fourth-order valence-electron chi connectivity index (χ4n) is 3.88. The van der Waals surface area contributed by atoms with Crippen molar-refractivity contribution < 1.29 is 27.4 Å². The smallest absolute Gasteiger partial charge is 0.433 e. The van der Waals surface area contributed by atoms with Gasteiger partial charge in [0.15, 0.2) is 5.69 Å². The molecule has 0 bridgehead atoms. The molecule has 1 amide bonds. The van der Waals surface area contributed by atoms with Crippen molar-refractivity contribution in [2.75, 3.05) is 51.9 Å². The highest BCUT2D eigenvalue weighted by Gasteiger charge is 2.37. The Kier molecular flexibility index (Phi) is 8.24. The van der Waals surface area contributed by atoms with Gasteiger partial charge in [0, 0.05) is 51.7 Å². The van der Waals surface area contributed by atoms with Gasteiger partial charge in [-0.25, -0.2) is 9.97 Å². The molecule has 3 heterocycles. The highest BCUT2D eigenvalue weighted by Crippen LogP contribution is 2.31. The van der Waals surface area contributed by atoms with Crippen LogP contribution in [0.25, 0.3) is 5.95 Å². The topological polar surface area (TPSA) is 97.6 Å². The van der Waals surface area contributed by atoms with Crippen LogP contribution in [-0.2, 0) is 22.3 Å². The molecule has 0 spiro atoms. The lowest BCUT2D eigenvalue weighted by atomic mass is 10.1. The van der Waals surface area contributed by atoms with Gasteiger partial charge in [0.05, 0.1) is 6.61 Å². The Labute approximate surface area is 212 Å². The van der Waals surface area contributed by atoms with Crippen LogP contribution in [0.2, 0.25) is 0 Å². The van der Waals surface area contributed by atoms with Gasteiger partial charge in [-0.2, -0.15) is 18.2 Å². The van der Waals surface area contributed by atoms with E-state index < -0.39 is 17.9 Å². The zero-order valence-corrected chi connectivity index (χ0v) is 20.5. The number of methoxy groups -OCH3 is 1. The van der Waals surface area contributed by atoms with Crippen molar-refractivity contribution in [3.05, 3.63) is 60.3 Å². The van der Waals surface area contributed by atoms with E-state index in [0.717, 1.165) is 11.6 Å². The van der Waals surface area contributed by atoms with Crippen LogP contribution in [0.5, 0.6) is 5.75 Å². The number of benzene rings is 1. The number of carbonyl (C=O) groups is 1. The quantitative estimate of drug-likeness (QED) is 0.430. The molecule has 0 aliphatic carbocycles. The highest BCUT2D eigenvalue weighted by atomic mass is 19.4. The first-order valence-electron chi connectivity index (χ1n) is 11.6. The summed E-state index contributed by atoms with van der Waals surface area (Å²) in [5.74, 6) is 0.221. The van der Waals surface area contributed by atoms with E-state index in [0.29, 0.717) is 38.6 Å². The van der Waals surface area contributed by atoms with E-state index in [-0.39, 0.29) is 24.2 Å². The molecule has 13 heteroatoms. The number of imidazole rings is 1. The third-order valence-electron chi connectivity index (χ3n) is 5.85. The number of piperazine rings is 1. The van der Waals surface area contributed by atoms with Crippen LogP contribution in [-0.4, -0.2) is 83.4 Å². The molecule has 1 aromatic carbocycles. The number of aromatic nitrogens is 4. The monoisotopic (exact) mass is 519 g/mol. The van der Waals surface area contributed by atoms with Crippen molar-refractivity contribution in [3.8, 4) is 11.7 Å². The van der Waals surface area contributed by atoms with Gasteiger partial charge < -0.3 is 24.6 Å². The Morgan fingerprint density at radius 3 is 2.62 bits per heavy atom. The number of nitrogens with one attached hydrogen (secondary N) is 1. The number of carbonyl (C=O) groups excluding carboxylic acids is 1. The van der Waals surface area contributed by atoms with Crippen LogP contribution in [0, 0.1) is 0 Å². The van der Waals surface area contributed by atoms with E-state index in [9.17, 15) is 18.0 Å². The number of halogens is 3. The summed E-state index contributed by atoms with van der Waals surface area (Å²) >= 11 is 0. The molecule has 3 aromatic rings. The lowest BCUT2D eigenvalue weighted by molar-refractivity contribution is -0.141. The highest BCUT2D eigenvalue weighted by molar-refractivity contribution is 5.85. The van der Waals surface area contributed by atoms with Gasteiger partial charge in [0.25, 0.3) is 0 Å². The van der Waals surface area contributed by atoms with E-state index in [2.05, 4.69) is 20.3 Å². The van der Waals surface area contributed by atoms with Crippen LogP contribution in [0.3, 0.4) is 0 Å². The zero-order chi connectivity index (χ0) is 26.4. The van der Waals surface area contributed by atoms with Crippen molar-refractivity contribution in [1.82, 2.24) is 29.7 Å². The number of ether oxygens (including phenoxy) is 2.